The number of fused-ring (bicyclic) bond motifs is 1. The summed E-state index contributed by atoms with van der Waals surface area (Å²) in [6, 6.07) is 1.84. The van der Waals surface area contributed by atoms with Crippen LogP contribution in [0.25, 0.3) is 11.2 Å². The number of pyridine rings is 1. The minimum Gasteiger partial charge on any atom is -0.429 e. The van der Waals surface area contributed by atoms with E-state index in [9.17, 15) is 0 Å². The molecule has 0 unspecified atom stereocenters. The van der Waals surface area contributed by atoms with E-state index >= 15 is 0 Å². The summed E-state index contributed by atoms with van der Waals surface area (Å²) < 4.78 is 5.45. The molecule has 0 atom stereocenters. The van der Waals surface area contributed by atoms with Crippen molar-refractivity contribution in [2.24, 2.45) is 5.73 Å². The summed E-state index contributed by atoms with van der Waals surface area (Å²) in [7, 11) is 0. The monoisotopic (exact) mass is 195 g/mol. The fraction of sp³-hybridized carbons (Fsp3) is 0.250. The van der Waals surface area contributed by atoms with Gasteiger partial charge in [0.05, 0.1) is 0 Å². The lowest BCUT2D eigenvalue weighted by Gasteiger charge is -1.93. The summed E-state index contributed by atoms with van der Waals surface area (Å²) in [6.45, 7) is 0.446. The van der Waals surface area contributed by atoms with Gasteiger partial charge in [-0.05, 0) is 12.3 Å². The fourth-order valence-corrected chi connectivity index (χ4v) is 1.46. The van der Waals surface area contributed by atoms with Crippen LogP contribution in [0.1, 0.15) is 5.56 Å². The molecule has 13 heavy (non-hydrogen) atoms. The maximum atomic E-state index is 5.54. The predicted octanol–water partition coefficient (Wildman–Crippen LogP) is 1.40. The molecule has 0 saturated heterocycles. The van der Waals surface area contributed by atoms with Gasteiger partial charge in [-0.3, -0.25) is 0 Å². The number of nitrogens with two attached hydrogens (primary N) is 1. The lowest BCUT2D eigenvalue weighted by molar-refractivity contribution is 0.487. The molecule has 0 spiro atoms. The summed E-state index contributed by atoms with van der Waals surface area (Å²) >= 11 is 1.46. The van der Waals surface area contributed by atoms with Crippen molar-refractivity contribution in [1.29, 1.82) is 0 Å². The zero-order chi connectivity index (χ0) is 9.26. The van der Waals surface area contributed by atoms with Crippen LogP contribution in [0.4, 0.5) is 0 Å². The van der Waals surface area contributed by atoms with Crippen molar-refractivity contribution in [1.82, 2.24) is 9.97 Å². The Kier molecular flexibility index (Phi) is 2.20. The molecule has 2 rings (SSSR count). The first kappa shape index (κ1) is 8.52. The second kappa shape index (κ2) is 3.35. The van der Waals surface area contributed by atoms with Crippen LogP contribution in [0.2, 0.25) is 0 Å². The lowest BCUT2D eigenvalue weighted by atomic mass is 10.2. The molecule has 0 fully saturated rings. The van der Waals surface area contributed by atoms with Crippen LogP contribution < -0.4 is 5.73 Å². The lowest BCUT2D eigenvalue weighted by Crippen LogP contribution is -1.96. The third-order valence-corrected chi connectivity index (χ3v) is 2.27. The van der Waals surface area contributed by atoms with Crippen LogP contribution in [0.3, 0.4) is 0 Å². The highest BCUT2D eigenvalue weighted by atomic mass is 32.2. The molecule has 0 saturated carbocycles. The molecule has 68 valence electrons. The van der Waals surface area contributed by atoms with Crippen molar-refractivity contribution in [3.63, 3.8) is 0 Å². The van der Waals surface area contributed by atoms with Gasteiger partial charge in [0.1, 0.15) is 0 Å². The highest BCUT2D eigenvalue weighted by Gasteiger charge is 2.08. The molecule has 0 aliphatic rings. The van der Waals surface area contributed by atoms with Gasteiger partial charge in [-0.15, -0.1) is 0 Å². The molecule has 2 aromatic rings. The average Bonchev–Trinajstić information content (AvgIpc) is 2.59. The number of thioether (sulfide) groups is 1. The minimum absolute atomic E-state index is 0.446. The Labute approximate surface area is 79.5 Å². The molecule has 2 aromatic heterocycles. The van der Waals surface area contributed by atoms with E-state index in [-0.39, 0.29) is 0 Å². The highest BCUT2D eigenvalue weighted by Crippen LogP contribution is 2.22. The molecule has 2 heterocycles. The maximum absolute atomic E-state index is 5.54. The van der Waals surface area contributed by atoms with E-state index in [2.05, 4.69) is 9.97 Å². The highest BCUT2D eigenvalue weighted by molar-refractivity contribution is 7.98. The number of hydrogen-bond donors (Lipinski definition) is 1. The first-order valence-electron chi connectivity index (χ1n) is 3.83. The maximum Gasteiger partial charge on any atom is 0.258 e. The Morgan fingerprint density at radius 2 is 2.46 bits per heavy atom. The Bertz CT molecular complexity index is 426. The number of rotatable bonds is 2. The van der Waals surface area contributed by atoms with Gasteiger partial charge in [-0.25, -0.2) is 4.98 Å². The van der Waals surface area contributed by atoms with Gasteiger partial charge >= 0.3 is 0 Å². The van der Waals surface area contributed by atoms with Crippen molar-refractivity contribution < 1.29 is 4.42 Å². The quantitative estimate of drug-likeness (QED) is 0.734. The number of nitrogens with zero attached hydrogens (tertiary/aromatic N) is 2. The number of aromatic nitrogens is 2. The second-order valence-electron chi connectivity index (χ2n) is 2.51. The molecule has 0 bridgehead atoms. The number of oxazole rings is 1. The van der Waals surface area contributed by atoms with Crippen molar-refractivity contribution in [2.45, 2.75) is 11.8 Å². The van der Waals surface area contributed by atoms with Crippen LogP contribution in [0.15, 0.2) is 21.9 Å². The third-order valence-electron chi connectivity index (χ3n) is 1.75. The summed E-state index contributed by atoms with van der Waals surface area (Å²) in [5, 5.41) is 0.628. The SMILES string of the molecule is CSc1nc2nccc(CN)c2o1. The minimum atomic E-state index is 0.446. The van der Waals surface area contributed by atoms with E-state index < -0.39 is 0 Å². The smallest absolute Gasteiger partial charge is 0.258 e. The molecule has 4 nitrogen and oxygen atoms in total. The van der Waals surface area contributed by atoms with Gasteiger partial charge in [0.25, 0.3) is 5.22 Å². The van der Waals surface area contributed by atoms with E-state index in [0.29, 0.717) is 23.0 Å². The summed E-state index contributed by atoms with van der Waals surface area (Å²) in [5.74, 6) is 0. The molecule has 5 heteroatoms. The summed E-state index contributed by atoms with van der Waals surface area (Å²) in [4.78, 5) is 8.25. The Morgan fingerprint density at radius 3 is 3.15 bits per heavy atom. The van der Waals surface area contributed by atoms with E-state index in [4.69, 9.17) is 10.2 Å². The van der Waals surface area contributed by atoms with Gasteiger partial charge < -0.3 is 10.2 Å². The fourth-order valence-electron chi connectivity index (χ4n) is 1.11. The van der Waals surface area contributed by atoms with Crippen molar-refractivity contribution in [2.75, 3.05) is 6.26 Å². The average molecular weight is 195 g/mol. The third kappa shape index (κ3) is 1.40. The van der Waals surface area contributed by atoms with Crippen LogP contribution >= 0.6 is 11.8 Å². The molecular formula is C8H9N3OS. The molecule has 0 amide bonds. The van der Waals surface area contributed by atoms with Crippen molar-refractivity contribution >= 4 is 23.0 Å². The Hall–Kier alpha value is -1.07. The van der Waals surface area contributed by atoms with Crippen LogP contribution in [0, 0.1) is 0 Å². The molecular weight excluding hydrogens is 186 g/mol. The summed E-state index contributed by atoms with van der Waals surface area (Å²) in [5.41, 5.74) is 7.82. The van der Waals surface area contributed by atoms with Crippen LogP contribution in [-0.2, 0) is 6.54 Å². The van der Waals surface area contributed by atoms with Gasteiger partial charge in [0.15, 0.2) is 11.2 Å². The van der Waals surface area contributed by atoms with Crippen molar-refractivity contribution in [3.05, 3.63) is 17.8 Å². The van der Waals surface area contributed by atoms with Crippen LogP contribution in [-0.4, -0.2) is 16.2 Å². The van der Waals surface area contributed by atoms with E-state index in [0.717, 1.165) is 5.56 Å². The van der Waals surface area contributed by atoms with Crippen molar-refractivity contribution in [3.8, 4) is 0 Å². The Balaban J connectivity index is 2.67. The largest absolute Gasteiger partial charge is 0.429 e. The number of hydrogen-bond acceptors (Lipinski definition) is 5. The molecule has 2 N–H and O–H groups in total. The molecule has 0 aliphatic heterocycles. The zero-order valence-corrected chi connectivity index (χ0v) is 7.97. The molecule has 0 aromatic carbocycles. The standard InChI is InChI=1S/C8H9N3OS/c1-13-8-11-7-6(12-8)5(4-9)2-3-10-7/h2-3H,4,9H2,1H3. The first-order chi connectivity index (χ1) is 6.35. The van der Waals surface area contributed by atoms with E-state index in [1.54, 1.807) is 6.20 Å². The van der Waals surface area contributed by atoms with E-state index in [1.165, 1.54) is 11.8 Å². The van der Waals surface area contributed by atoms with Gasteiger partial charge in [0.2, 0.25) is 0 Å². The predicted molar refractivity (Wildman–Crippen MR) is 51.5 cm³/mol. The summed E-state index contributed by atoms with van der Waals surface area (Å²) in [6.07, 6.45) is 3.60. The van der Waals surface area contributed by atoms with Gasteiger partial charge in [-0.2, -0.15) is 4.98 Å². The normalized spacial score (nSPS) is 10.9. The topological polar surface area (TPSA) is 64.9 Å². The first-order valence-corrected chi connectivity index (χ1v) is 5.06. The van der Waals surface area contributed by atoms with E-state index in [1.807, 2.05) is 12.3 Å². The second-order valence-corrected chi connectivity index (χ2v) is 3.27. The van der Waals surface area contributed by atoms with Gasteiger partial charge in [-0.1, -0.05) is 11.8 Å². The Morgan fingerprint density at radius 1 is 1.62 bits per heavy atom. The zero-order valence-electron chi connectivity index (χ0n) is 7.15. The van der Waals surface area contributed by atoms with Crippen LogP contribution in [0.5, 0.6) is 0 Å². The molecule has 0 aliphatic carbocycles. The molecule has 0 radical (unpaired) electrons. The van der Waals surface area contributed by atoms with Gasteiger partial charge in [0, 0.05) is 18.3 Å².